The minimum atomic E-state index is 0.756. The van der Waals surface area contributed by atoms with Gasteiger partial charge in [0.05, 0.1) is 6.61 Å². The first-order chi connectivity index (χ1) is 9.27. The molecular weight excluding hydrogens is 258 g/mol. The van der Waals surface area contributed by atoms with Gasteiger partial charge in [0.2, 0.25) is 0 Å². The Morgan fingerprint density at radius 1 is 1.16 bits per heavy atom. The first-order valence-corrected chi connectivity index (χ1v) is 7.67. The molecular formula is C15H25NO2S. The summed E-state index contributed by atoms with van der Waals surface area (Å²) in [6.45, 7) is 5.57. The predicted octanol–water partition coefficient (Wildman–Crippen LogP) is 2.86. The standard InChI is InChI=1S/C15H25NO2S/c1-13-11-15(19-10-4-8-17-2)6-5-14(13)12-16-7-9-18-3/h5-6,11,16H,4,7-10,12H2,1-3H3. The van der Waals surface area contributed by atoms with E-state index in [1.165, 1.54) is 16.0 Å². The first-order valence-electron chi connectivity index (χ1n) is 6.69. The van der Waals surface area contributed by atoms with Crippen molar-refractivity contribution in [3.63, 3.8) is 0 Å². The molecule has 0 atom stereocenters. The zero-order chi connectivity index (χ0) is 13.9. The molecule has 0 aliphatic heterocycles. The largest absolute Gasteiger partial charge is 0.385 e. The number of nitrogens with one attached hydrogen (secondary N) is 1. The van der Waals surface area contributed by atoms with Crippen molar-refractivity contribution >= 4 is 11.8 Å². The molecule has 0 saturated carbocycles. The van der Waals surface area contributed by atoms with Crippen LogP contribution in [0.3, 0.4) is 0 Å². The molecule has 0 aliphatic rings. The molecule has 0 spiro atoms. The van der Waals surface area contributed by atoms with Crippen molar-refractivity contribution in [3.05, 3.63) is 29.3 Å². The van der Waals surface area contributed by atoms with Crippen LogP contribution in [-0.2, 0) is 16.0 Å². The molecule has 0 aromatic heterocycles. The van der Waals surface area contributed by atoms with Gasteiger partial charge < -0.3 is 14.8 Å². The fraction of sp³-hybridized carbons (Fsp3) is 0.600. The summed E-state index contributed by atoms with van der Waals surface area (Å²) >= 11 is 1.89. The van der Waals surface area contributed by atoms with Crippen LogP contribution in [0.15, 0.2) is 23.1 Å². The van der Waals surface area contributed by atoms with Gasteiger partial charge in [-0.05, 0) is 36.6 Å². The van der Waals surface area contributed by atoms with E-state index >= 15 is 0 Å². The fourth-order valence-corrected chi connectivity index (χ4v) is 2.67. The number of ether oxygens (including phenoxy) is 2. The summed E-state index contributed by atoms with van der Waals surface area (Å²) in [5.41, 5.74) is 2.71. The molecule has 1 aromatic rings. The maximum atomic E-state index is 5.05. The molecule has 1 aromatic carbocycles. The summed E-state index contributed by atoms with van der Waals surface area (Å²) in [6, 6.07) is 6.69. The van der Waals surface area contributed by atoms with Crippen LogP contribution in [-0.4, -0.2) is 39.7 Å². The Labute approximate surface area is 121 Å². The summed E-state index contributed by atoms with van der Waals surface area (Å²) in [5.74, 6) is 1.11. The first kappa shape index (κ1) is 16.5. The maximum Gasteiger partial charge on any atom is 0.0587 e. The highest BCUT2D eigenvalue weighted by Gasteiger charge is 2.01. The Hall–Kier alpha value is -0.550. The van der Waals surface area contributed by atoms with E-state index in [0.29, 0.717) is 0 Å². The molecule has 0 aliphatic carbocycles. The third kappa shape index (κ3) is 6.97. The summed E-state index contributed by atoms with van der Waals surface area (Å²) in [4.78, 5) is 1.34. The normalized spacial score (nSPS) is 10.9. The fourth-order valence-electron chi connectivity index (χ4n) is 1.75. The van der Waals surface area contributed by atoms with Crippen LogP contribution in [0.5, 0.6) is 0 Å². The minimum Gasteiger partial charge on any atom is -0.385 e. The Balaban J connectivity index is 2.36. The number of thioether (sulfide) groups is 1. The van der Waals surface area contributed by atoms with Gasteiger partial charge in [-0.2, -0.15) is 0 Å². The van der Waals surface area contributed by atoms with Gasteiger partial charge in [-0.25, -0.2) is 0 Å². The smallest absolute Gasteiger partial charge is 0.0587 e. The molecule has 108 valence electrons. The summed E-state index contributed by atoms with van der Waals surface area (Å²) in [6.07, 6.45) is 1.10. The lowest BCUT2D eigenvalue weighted by atomic mass is 10.1. The molecule has 0 unspecified atom stereocenters. The van der Waals surface area contributed by atoms with Crippen molar-refractivity contribution in [3.8, 4) is 0 Å². The van der Waals surface area contributed by atoms with Gasteiger partial charge in [0.15, 0.2) is 0 Å². The topological polar surface area (TPSA) is 30.5 Å². The van der Waals surface area contributed by atoms with E-state index < -0.39 is 0 Å². The van der Waals surface area contributed by atoms with E-state index in [4.69, 9.17) is 9.47 Å². The minimum absolute atomic E-state index is 0.756. The van der Waals surface area contributed by atoms with E-state index in [0.717, 1.165) is 38.5 Å². The number of aryl methyl sites for hydroxylation is 1. The van der Waals surface area contributed by atoms with E-state index in [-0.39, 0.29) is 0 Å². The van der Waals surface area contributed by atoms with Gasteiger partial charge in [0.25, 0.3) is 0 Å². The second-order valence-corrected chi connectivity index (χ2v) is 5.62. The van der Waals surface area contributed by atoms with Gasteiger partial charge in [-0.15, -0.1) is 11.8 Å². The van der Waals surface area contributed by atoms with Crippen LogP contribution in [0.2, 0.25) is 0 Å². The lowest BCUT2D eigenvalue weighted by Crippen LogP contribution is -2.19. The van der Waals surface area contributed by atoms with Gasteiger partial charge >= 0.3 is 0 Å². The molecule has 1 rings (SSSR count). The van der Waals surface area contributed by atoms with Crippen LogP contribution < -0.4 is 5.32 Å². The summed E-state index contributed by atoms with van der Waals surface area (Å²) in [5, 5.41) is 3.37. The lowest BCUT2D eigenvalue weighted by Gasteiger charge is -2.09. The number of methoxy groups -OCH3 is 2. The molecule has 0 saturated heterocycles. The predicted molar refractivity (Wildman–Crippen MR) is 82.0 cm³/mol. The Morgan fingerprint density at radius 3 is 2.63 bits per heavy atom. The molecule has 0 heterocycles. The highest BCUT2D eigenvalue weighted by Crippen LogP contribution is 2.22. The lowest BCUT2D eigenvalue weighted by molar-refractivity contribution is 0.199. The van der Waals surface area contributed by atoms with Crippen molar-refractivity contribution in [2.45, 2.75) is 24.8 Å². The van der Waals surface area contributed by atoms with Crippen LogP contribution in [0.4, 0.5) is 0 Å². The van der Waals surface area contributed by atoms with Gasteiger partial charge in [0, 0.05) is 44.6 Å². The molecule has 1 N–H and O–H groups in total. The van der Waals surface area contributed by atoms with E-state index in [9.17, 15) is 0 Å². The average molecular weight is 283 g/mol. The van der Waals surface area contributed by atoms with Crippen LogP contribution in [0, 0.1) is 6.92 Å². The second kappa shape index (κ2) is 10.3. The number of benzene rings is 1. The van der Waals surface area contributed by atoms with Gasteiger partial charge in [-0.3, -0.25) is 0 Å². The van der Waals surface area contributed by atoms with E-state index in [2.05, 4.69) is 30.4 Å². The van der Waals surface area contributed by atoms with E-state index in [1.807, 2.05) is 11.8 Å². The summed E-state index contributed by atoms with van der Waals surface area (Å²) < 4.78 is 10.1. The highest BCUT2D eigenvalue weighted by atomic mass is 32.2. The van der Waals surface area contributed by atoms with Crippen LogP contribution in [0.25, 0.3) is 0 Å². The third-order valence-electron chi connectivity index (χ3n) is 2.87. The van der Waals surface area contributed by atoms with Crippen molar-refractivity contribution in [1.82, 2.24) is 5.32 Å². The monoisotopic (exact) mass is 283 g/mol. The molecule has 0 bridgehead atoms. The molecule has 19 heavy (non-hydrogen) atoms. The number of hydrogen-bond donors (Lipinski definition) is 1. The SMILES string of the molecule is COCCCSc1ccc(CNCCOC)c(C)c1. The zero-order valence-corrected chi connectivity index (χ0v) is 13.0. The Bertz CT molecular complexity index is 358. The van der Waals surface area contributed by atoms with Gasteiger partial charge in [-0.1, -0.05) is 6.07 Å². The second-order valence-electron chi connectivity index (χ2n) is 4.45. The number of hydrogen-bond acceptors (Lipinski definition) is 4. The summed E-state index contributed by atoms with van der Waals surface area (Å²) in [7, 11) is 3.47. The molecule has 0 fully saturated rings. The maximum absolute atomic E-state index is 5.05. The van der Waals surface area contributed by atoms with Crippen molar-refractivity contribution in [2.24, 2.45) is 0 Å². The van der Waals surface area contributed by atoms with E-state index in [1.54, 1.807) is 14.2 Å². The van der Waals surface area contributed by atoms with Crippen LogP contribution >= 0.6 is 11.8 Å². The Morgan fingerprint density at radius 2 is 1.95 bits per heavy atom. The Kier molecular flexibility index (Phi) is 8.91. The highest BCUT2D eigenvalue weighted by molar-refractivity contribution is 7.99. The van der Waals surface area contributed by atoms with Gasteiger partial charge in [0.1, 0.15) is 0 Å². The molecule has 4 heteroatoms. The van der Waals surface area contributed by atoms with Crippen molar-refractivity contribution < 1.29 is 9.47 Å². The van der Waals surface area contributed by atoms with Crippen LogP contribution in [0.1, 0.15) is 17.5 Å². The zero-order valence-electron chi connectivity index (χ0n) is 12.2. The average Bonchev–Trinajstić information content (AvgIpc) is 2.42. The molecule has 0 radical (unpaired) electrons. The molecule has 0 amide bonds. The number of rotatable bonds is 10. The quantitative estimate of drug-likeness (QED) is 0.528. The molecule has 3 nitrogen and oxygen atoms in total. The van der Waals surface area contributed by atoms with Crippen molar-refractivity contribution in [1.29, 1.82) is 0 Å². The third-order valence-corrected chi connectivity index (χ3v) is 3.95. The van der Waals surface area contributed by atoms with Crippen molar-refractivity contribution in [2.75, 3.05) is 39.7 Å².